The monoisotopic (exact) mass is 412 g/mol. The molecule has 0 aromatic rings. The summed E-state index contributed by atoms with van der Waals surface area (Å²) in [5, 5.41) is 10.2. The SMILES string of the molecule is C/C=C(/CCC(C)C1CCC2C3CC=C4CC(O)CCC4(C)C3CCC12C)C(C)C. The summed E-state index contributed by atoms with van der Waals surface area (Å²) in [6, 6.07) is 0. The van der Waals surface area contributed by atoms with Gasteiger partial charge in [-0.1, -0.05) is 57.9 Å². The van der Waals surface area contributed by atoms with Crippen LogP contribution in [-0.4, -0.2) is 11.2 Å². The zero-order valence-electron chi connectivity index (χ0n) is 20.7. The van der Waals surface area contributed by atoms with E-state index in [4.69, 9.17) is 0 Å². The van der Waals surface area contributed by atoms with Crippen molar-refractivity contribution >= 4 is 0 Å². The van der Waals surface area contributed by atoms with Gasteiger partial charge >= 0.3 is 0 Å². The normalized spacial score (nSPS) is 44.9. The Bertz CT molecular complexity index is 686. The van der Waals surface area contributed by atoms with E-state index in [1.54, 1.807) is 11.1 Å². The quantitative estimate of drug-likeness (QED) is 0.454. The molecule has 0 amide bonds. The molecule has 1 heteroatoms. The van der Waals surface area contributed by atoms with E-state index in [-0.39, 0.29) is 6.10 Å². The first-order chi connectivity index (χ1) is 14.2. The maximum Gasteiger partial charge on any atom is 0.0577 e. The third-order valence-corrected chi connectivity index (χ3v) is 10.8. The highest BCUT2D eigenvalue weighted by atomic mass is 16.3. The minimum absolute atomic E-state index is 0.0839. The van der Waals surface area contributed by atoms with Gasteiger partial charge in [-0.2, -0.15) is 0 Å². The Hall–Kier alpha value is -0.560. The summed E-state index contributed by atoms with van der Waals surface area (Å²) < 4.78 is 0. The topological polar surface area (TPSA) is 20.2 Å². The van der Waals surface area contributed by atoms with E-state index in [0.29, 0.717) is 16.7 Å². The van der Waals surface area contributed by atoms with Crippen molar-refractivity contribution in [3.05, 3.63) is 23.3 Å². The van der Waals surface area contributed by atoms with Crippen LogP contribution in [0.4, 0.5) is 0 Å². The second-order valence-electron chi connectivity index (χ2n) is 12.4. The van der Waals surface area contributed by atoms with E-state index >= 15 is 0 Å². The Labute approximate surface area is 186 Å². The van der Waals surface area contributed by atoms with Gasteiger partial charge in [-0.25, -0.2) is 0 Å². The highest BCUT2D eigenvalue weighted by Gasteiger charge is 2.59. The van der Waals surface area contributed by atoms with Crippen LogP contribution >= 0.6 is 0 Å². The average molecular weight is 413 g/mol. The lowest BCUT2D eigenvalue weighted by atomic mass is 9.47. The van der Waals surface area contributed by atoms with Crippen LogP contribution in [0.25, 0.3) is 0 Å². The molecule has 4 aliphatic carbocycles. The largest absolute Gasteiger partial charge is 0.393 e. The fourth-order valence-corrected chi connectivity index (χ4v) is 8.98. The van der Waals surface area contributed by atoms with Gasteiger partial charge in [-0.3, -0.25) is 0 Å². The van der Waals surface area contributed by atoms with Crippen molar-refractivity contribution in [3.8, 4) is 0 Å². The first-order valence-electron chi connectivity index (χ1n) is 13.2. The van der Waals surface area contributed by atoms with E-state index < -0.39 is 0 Å². The number of allylic oxidation sites excluding steroid dienone is 3. The molecule has 1 nitrogen and oxygen atoms in total. The van der Waals surface area contributed by atoms with Crippen LogP contribution in [-0.2, 0) is 0 Å². The third kappa shape index (κ3) is 3.66. The van der Waals surface area contributed by atoms with Gasteiger partial charge < -0.3 is 5.11 Å². The maximum atomic E-state index is 10.2. The van der Waals surface area contributed by atoms with Gasteiger partial charge in [0.15, 0.2) is 0 Å². The van der Waals surface area contributed by atoms with Gasteiger partial charge in [0.1, 0.15) is 0 Å². The van der Waals surface area contributed by atoms with Crippen molar-refractivity contribution in [1.82, 2.24) is 0 Å². The van der Waals surface area contributed by atoms with Gasteiger partial charge in [-0.15, -0.1) is 0 Å². The van der Waals surface area contributed by atoms with Gasteiger partial charge in [0.25, 0.3) is 0 Å². The average Bonchev–Trinajstić information content (AvgIpc) is 3.06. The van der Waals surface area contributed by atoms with Crippen molar-refractivity contribution in [1.29, 1.82) is 0 Å². The highest BCUT2D eigenvalue weighted by Crippen LogP contribution is 2.67. The third-order valence-electron chi connectivity index (χ3n) is 10.8. The number of aliphatic hydroxyl groups is 1. The summed E-state index contributed by atoms with van der Waals surface area (Å²) in [4.78, 5) is 0. The molecule has 8 unspecified atom stereocenters. The second-order valence-corrected chi connectivity index (χ2v) is 12.4. The molecule has 0 aliphatic heterocycles. The molecular weight excluding hydrogens is 364 g/mol. The number of hydrogen-bond donors (Lipinski definition) is 1. The second kappa shape index (κ2) is 8.42. The van der Waals surface area contributed by atoms with E-state index in [1.807, 2.05) is 0 Å². The minimum Gasteiger partial charge on any atom is -0.393 e. The van der Waals surface area contributed by atoms with Crippen molar-refractivity contribution in [2.24, 2.45) is 46.3 Å². The summed E-state index contributed by atoms with van der Waals surface area (Å²) in [5.41, 5.74) is 4.21. The highest BCUT2D eigenvalue weighted by molar-refractivity contribution is 5.25. The summed E-state index contributed by atoms with van der Waals surface area (Å²) >= 11 is 0. The first-order valence-corrected chi connectivity index (χ1v) is 13.2. The zero-order valence-corrected chi connectivity index (χ0v) is 20.7. The lowest BCUT2D eigenvalue weighted by Gasteiger charge is -2.58. The Kier molecular flexibility index (Phi) is 6.35. The van der Waals surface area contributed by atoms with Crippen molar-refractivity contribution in [2.75, 3.05) is 0 Å². The van der Waals surface area contributed by atoms with Crippen LogP contribution in [0, 0.1) is 46.3 Å². The number of fused-ring (bicyclic) bond motifs is 5. The lowest BCUT2D eigenvalue weighted by Crippen LogP contribution is -2.50. The van der Waals surface area contributed by atoms with Crippen LogP contribution in [0.1, 0.15) is 106 Å². The molecule has 170 valence electrons. The summed E-state index contributed by atoms with van der Waals surface area (Å²) in [6.07, 6.45) is 17.8. The molecule has 0 aromatic heterocycles. The molecule has 0 heterocycles. The van der Waals surface area contributed by atoms with E-state index in [2.05, 4.69) is 53.7 Å². The summed E-state index contributed by atoms with van der Waals surface area (Å²) in [6.45, 7) is 14.7. The Morgan fingerprint density at radius 1 is 1.10 bits per heavy atom. The molecule has 4 rings (SSSR count). The molecule has 8 atom stereocenters. The standard InChI is InChI=1S/C29H48O/c1-7-21(19(2)3)9-8-20(4)25-12-13-26-24-11-10-22-18-23(30)14-16-28(22,5)27(24)15-17-29(25,26)6/h7,10,19-20,23-27,30H,8-9,11-18H2,1-6H3/b21-7-. The molecule has 0 spiro atoms. The fourth-order valence-electron chi connectivity index (χ4n) is 8.98. The van der Waals surface area contributed by atoms with Crippen molar-refractivity contribution < 1.29 is 5.11 Å². The van der Waals surface area contributed by atoms with Gasteiger partial charge in [0.05, 0.1) is 6.10 Å². The van der Waals surface area contributed by atoms with Gasteiger partial charge in [-0.05, 0) is 117 Å². The number of rotatable bonds is 5. The number of hydrogen-bond acceptors (Lipinski definition) is 1. The fraction of sp³-hybridized carbons (Fsp3) is 0.862. The van der Waals surface area contributed by atoms with E-state index in [0.717, 1.165) is 42.4 Å². The molecule has 3 fully saturated rings. The van der Waals surface area contributed by atoms with Crippen LogP contribution in [0.2, 0.25) is 0 Å². The predicted octanol–water partition coefficient (Wildman–Crippen LogP) is 7.94. The van der Waals surface area contributed by atoms with Crippen LogP contribution in [0.15, 0.2) is 23.3 Å². The van der Waals surface area contributed by atoms with Crippen molar-refractivity contribution in [2.45, 2.75) is 112 Å². The smallest absolute Gasteiger partial charge is 0.0577 e. The predicted molar refractivity (Wildman–Crippen MR) is 128 cm³/mol. The molecule has 1 N–H and O–H groups in total. The molecule has 0 aromatic carbocycles. The minimum atomic E-state index is -0.0839. The van der Waals surface area contributed by atoms with Gasteiger partial charge in [0.2, 0.25) is 0 Å². The van der Waals surface area contributed by atoms with Crippen LogP contribution in [0.5, 0.6) is 0 Å². The maximum absolute atomic E-state index is 10.2. The van der Waals surface area contributed by atoms with E-state index in [1.165, 1.54) is 51.4 Å². The molecule has 4 aliphatic rings. The summed E-state index contributed by atoms with van der Waals surface area (Å²) in [5.74, 6) is 5.15. The Morgan fingerprint density at radius 2 is 1.87 bits per heavy atom. The summed E-state index contributed by atoms with van der Waals surface area (Å²) in [7, 11) is 0. The zero-order chi connectivity index (χ0) is 21.7. The Morgan fingerprint density at radius 3 is 2.57 bits per heavy atom. The van der Waals surface area contributed by atoms with Gasteiger partial charge in [0, 0.05) is 0 Å². The molecule has 0 saturated heterocycles. The molecule has 3 saturated carbocycles. The first kappa shape index (κ1) is 22.6. The number of aliphatic hydroxyl groups excluding tert-OH is 1. The lowest BCUT2D eigenvalue weighted by molar-refractivity contribution is -0.0571. The molecular formula is C29H48O. The molecule has 0 bridgehead atoms. The van der Waals surface area contributed by atoms with Crippen LogP contribution < -0.4 is 0 Å². The van der Waals surface area contributed by atoms with Crippen LogP contribution in [0.3, 0.4) is 0 Å². The Balaban J connectivity index is 1.49. The van der Waals surface area contributed by atoms with E-state index in [9.17, 15) is 5.11 Å². The molecule has 0 radical (unpaired) electrons. The molecule has 30 heavy (non-hydrogen) atoms. The van der Waals surface area contributed by atoms with Crippen molar-refractivity contribution in [3.63, 3.8) is 0 Å².